The first-order valence-electron chi connectivity index (χ1n) is 5.22. The van der Waals surface area contributed by atoms with Gasteiger partial charge in [0.2, 0.25) is 11.8 Å². The molecular weight excluding hydrogens is 226 g/mol. The molecule has 1 saturated heterocycles. The largest absolute Gasteiger partial charge is 0.274 e. The second-order valence-corrected chi connectivity index (χ2v) is 4.90. The Bertz CT molecular complexity index is 473. The fourth-order valence-electron chi connectivity index (χ4n) is 2.26. The first-order chi connectivity index (χ1) is 7.65. The molecule has 2 atom stereocenters. The molecule has 1 heterocycles. The molecule has 2 unspecified atom stereocenters. The Hall–Kier alpha value is -1.35. The SMILES string of the molecule is O=C1CC2(CC2Cl)C(=O)N1c1ccccc1. The van der Waals surface area contributed by atoms with Gasteiger partial charge in [-0.15, -0.1) is 11.6 Å². The van der Waals surface area contributed by atoms with Gasteiger partial charge in [-0.05, 0) is 18.6 Å². The maximum atomic E-state index is 12.1. The van der Waals surface area contributed by atoms with Gasteiger partial charge in [-0.25, -0.2) is 0 Å². The number of hydrogen-bond acceptors (Lipinski definition) is 2. The van der Waals surface area contributed by atoms with Crippen LogP contribution >= 0.6 is 11.6 Å². The summed E-state index contributed by atoms with van der Waals surface area (Å²) in [6, 6.07) is 9.00. The Labute approximate surface area is 98.0 Å². The fourth-order valence-corrected chi connectivity index (χ4v) is 2.71. The van der Waals surface area contributed by atoms with Crippen LogP contribution in [-0.4, -0.2) is 17.2 Å². The van der Waals surface area contributed by atoms with Crippen LogP contribution in [0.25, 0.3) is 0 Å². The first-order valence-corrected chi connectivity index (χ1v) is 5.65. The van der Waals surface area contributed by atoms with Crippen LogP contribution in [0.1, 0.15) is 12.8 Å². The smallest absolute Gasteiger partial charge is 0.242 e. The maximum Gasteiger partial charge on any atom is 0.242 e. The van der Waals surface area contributed by atoms with Crippen molar-refractivity contribution in [2.75, 3.05) is 4.90 Å². The van der Waals surface area contributed by atoms with Gasteiger partial charge in [0.05, 0.1) is 11.1 Å². The normalized spacial score (nSPS) is 32.6. The van der Waals surface area contributed by atoms with E-state index in [-0.39, 0.29) is 23.6 Å². The molecule has 3 rings (SSSR count). The quantitative estimate of drug-likeness (QED) is 0.551. The third-order valence-electron chi connectivity index (χ3n) is 3.34. The van der Waals surface area contributed by atoms with E-state index in [1.807, 2.05) is 18.2 Å². The Morgan fingerprint density at radius 3 is 2.38 bits per heavy atom. The third-order valence-corrected chi connectivity index (χ3v) is 3.91. The zero-order valence-corrected chi connectivity index (χ0v) is 9.28. The van der Waals surface area contributed by atoms with E-state index >= 15 is 0 Å². The van der Waals surface area contributed by atoms with Crippen molar-refractivity contribution in [3.8, 4) is 0 Å². The number of alkyl halides is 1. The van der Waals surface area contributed by atoms with E-state index in [1.54, 1.807) is 12.1 Å². The number of halogens is 1. The van der Waals surface area contributed by atoms with Crippen LogP contribution in [0.5, 0.6) is 0 Å². The monoisotopic (exact) mass is 235 g/mol. The molecule has 1 aliphatic carbocycles. The molecule has 1 aromatic rings. The molecule has 1 aliphatic heterocycles. The number of anilines is 1. The molecule has 3 nitrogen and oxygen atoms in total. The van der Waals surface area contributed by atoms with Crippen LogP contribution in [0, 0.1) is 5.41 Å². The average molecular weight is 236 g/mol. The molecule has 0 aromatic heterocycles. The summed E-state index contributed by atoms with van der Waals surface area (Å²) in [6.45, 7) is 0. The van der Waals surface area contributed by atoms with Crippen molar-refractivity contribution in [1.29, 1.82) is 0 Å². The number of hydrogen-bond donors (Lipinski definition) is 0. The molecule has 1 spiro atoms. The molecule has 1 aromatic carbocycles. The van der Waals surface area contributed by atoms with Crippen LogP contribution < -0.4 is 4.90 Å². The average Bonchev–Trinajstić information content (AvgIpc) is 2.84. The van der Waals surface area contributed by atoms with Crippen molar-refractivity contribution in [2.45, 2.75) is 18.2 Å². The summed E-state index contributed by atoms with van der Waals surface area (Å²) in [7, 11) is 0. The number of carbonyl (C=O) groups is 2. The van der Waals surface area contributed by atoms with E-state index < -0.39 is 5.41 Å². The zero-order valence-electron chi connectivity index (χ0n) is 8.52. The van der Waals surface area contributed by atoms with E-state index in [1.165, 1.54) is 4.90 Å². The summed E-state index contributed by atoms with van der Waals surface area (Å²) in [6.07, 6.45) is 0.886. The Morgan fingerprint density at radius 2 is 1.88 bits per heavy atom. The summed E-state index contributed by atoms with van der Waals surface area (Å²) < 4.78 is 0. The number of para-hydroxylation sites is 1. The Morgan fingerprint density at radius 1 is 1.25 bits per heavy atom. The van der Waals surface area contributed by atoms with Crippen molar-refractivity contribution in [3.63, 3.8) is 0 Å². The van der Waals surface area contributed by atoms with Crippen LogP contribution in [0.3, 0.4) is 0 Å². The second kappa shape index (κ2) is 3.08. The predicted molar refractivity (Wildman–Crippen MR) is 60.2 cm³/mol. The predicted octanol–water partition coefficient (Wildman–Crippen LogP) is 1.95. The van der Waals surface area contributed by atoms with Crippen LogP contribution in [0.2, 0.25) is 0 Å². The molecule has 0 radical (unpaired) electrons. The fraction of sp³-hybridized carbons (Fsp3) is 0.333. The van der Waals surface area contributed by atoms with E-state index in [0.29, 0.717) is 12.1 Å². The number of nitrogens with zero attached hydrogens (tertiary/aromatic N) is 1. The van der Waals surface area contributed by atoms with Crippen molar-refractivity contribution in [1.82, 2.24) is 0 Å². The van der Waals surface area contributed by atoms with Gasteiger partial charge in [-0.1, -0.05) is 18.2 Å². The summed E-state index contributed by atoms with van der Waals surface area (Å²) in [5, 5.41) is -0.169. The third kappa shape index (κ3) is 1.15. The van der Waals surface area contributed by atoms with Crippen molar-refractivity contribution < 1.29 is 9.59 Å². The number of benzene rings is 1. The molecule has 2 aliphatic rings. The van der Waals surface area contributed by atoms with Crippen molar-refractivity contribution in [3.05, 3.63) is 30.3 Å². The van der Waals surface area contributed by atoms with Gasteiger partial charge in [0, 0.05) is 11.8 Å². The summed E-state index contributed by atoms with van der Waals surface area (Å²) in [4.78, 5) is 25.2. The van der Waals surface area contributed by atoms with Gasteiger partial charge in [-0.3, -0.25) is 14.5 Å². The van der Waals surface area contributed by atoms with E-state index in [2.05, 4.69) is 0 Å². The lowest BCUT2D eigenvalue weighted by Gasteiger charge is -2.14. The first kappa shape index (κ1) is 9.85. The number of imide groups is 1. The van der Waals surface area contributed by atoms with Gasteiger partial charge in [-0.2, -0.15) is 0 Å². The number of amides is 2. The lowest BCUT2D eigenvalue weighted by atomic mass is 10.1. The minimum Gasteiger partial charge on any atom is -0.274 e. The highest BCUT2D eigenvalue weighted by molar-refractivity contribution is 6.32. The molecule has 2 fully saturated rings. The van der Waals surface area contributed by atoms with Gasteiger partial charge in [0.1, 0.15) is 0 Å². The lowest BCUT2D eigenvalue weighted by Crippen LogP contribution is -2.31. The number of rotatable bonds is 1. The Kier molecular flexibility index (Phi) is 1.89. The minimum absolute atomic E-state index is 0.135. The number of carbonyl (C=O) groups excluding carboxylic acids is 2. The summed E-state index contributed by atoms with van der Waals surface area (Å²) in [5.74, 6) is -0.275. The van der Waals surface area contributed by atoms with Gasteiger partial charge in [0.15, 0.2) is 0 Å². The molecule has 2 amide bonds. The highest BCUT2D eigenvalue weighted by atomic mass is 35.5. The summed E-state index contributed by atoms with van der Waals surface area (Å²) in [5.41, 5.74) is 0.0548. The van der Waals surface area contributed by atoms with Crippen molar-refractivity contribution in [2.24, 2.45) is 5.41 Å². The molecular formula is C12H10ClNO2. The molecule has 0 N–H and O–H groups in total. The highest BCUT2D eigenvalue weighted by Crippen LogP contribution is 2.58. The van der Waals surface area contributed by atoms with Crippen LogP contribution in [0.15, 0.2) is 30.3 Å². The minimum atomic E-state index is -0.589. The van der Waals surface area contributed by atoms with Gasteiger partial charge in [0.25, 0.3) is 0 Å². The van der Waals surface area contributed by atoms with Crippen LogP contribution in [0.4, 0.5) is 5.69 Å². The standard InChI is InChI=1S/C12H10ClNO2/c13-9-6-12(9)7-10(15)14(11(12)16)8-4-2-1-3-5-8/h1-5,9H,6-7H2. The van der Waals surface area contributed by atoms with E-state index in [4.69, 9.17) is 11.6 Å². The molecule has 82 valence electrons. The second-order valence-electron chi connectivity index (χ2n) is 4.37. The van der Waals surface area contributed by atoms with Gasteiger partial charge < -0.3 is 0 Å². The van der Waals surface area contributed by atoms with Gasteiger partial charge >= 0.3 is 0 Å². The molecule has 4 heteroatoms. The molecule has 0 bridgehead atoms. The zero-order chi connectivity index (χ0) is 11.3. The highest BCUT2D eigenvalue weighted by Gasteiger charge is 2.66. The topological polar surface area (TPSA) is 37.4 Å². The maximum absolute atomic E-state index is 12.1. The molecule has 16 heavy (non-hydrogen) atoms. The lowest BCUT2D eigenvalue weighted by molar-refractivity contribution is -0.122. The van der Waals surface area contributed by atoms with E-state index in [9.17, 15) is 9.59 Å². The van der Waals surface area contributed by atoms with Crippen LogP contribution in [-0.2, 0) is 9.59 Å². The van der Waals surface area contributed by atoms with E-state index in [0.717, 1.165) is 0 Å². The molecule has 1 saturated carbocycles. The summed E-state index contributed by atoms with van der Waals surface area (Å²) >= 11 is 5.96. The Balaban J connectivity index is 1.99. The van der Waals surface area contributed by atoms with Crippen molar-refractivity contribution >= 4 is 29.1 Å².